The molecule has 0 aromatic rings. The van der Waals surface area contributed by atoms with E-state index in [4.69, 9.17) is 10.8 Å². The van der Waals surface area contributed by atoms with Gasteiger partial charge >= 0.3 is 5.97 Å². The van der Waals surface area contributed by atoms with Gasteiger partial charge < -0.3 is 10.8 Å². The lowest BCUT2D eigenvalue weighted by atomic mass is 9.74. The predicted octanol–water partition coefficient (Wildman–Crippen LogP) is 0.0559. The van der Waals surface area contributed by atoms with E-state index in [0.717, 1.165) is 12.8 Å². The molecule has 3 nitrogen and oxygen atoms in total. The molecule has 1 aliphatic carbocycles. The van der Waals surface area contributed by atoms with Gasteiger partial charge in [0.25, 0.3) is 0 Å². The van der Waals surface area contributed by atoms with Gasteiger partial charge in [-0.2, -0.15) is 0 Å². The number of hydrogen-bond acceptors (Lipinski definition) is 2. The summed E-state index contributed by atoms with van der Waals surface area (Å²) >= 11 is 0. The zero-order chi connectivity index (χ0) is 6.85. The Balaban J connectivity index is 2.35. The van der Waals surface area contributed by atoms with Crippen LogP contribution < -0.4 is 5.73 Å². The smallest absolute Gasteiger partial charge is 0.306 e. The third-order valence-electron chi connectivity index (χ3n) is 2.04. The van der Waals surface area contributed by atoms with Crippen molar-refractivity contribution in [3.8, 4) is 0 Å². The Morgan fingerprint density at radius 3 is 2.44 bits per heavy atom. The molecule has 3 heteroatoms. The van der Waals surface area contributed by atoms with Gasteiger partial charge in [0.2, 0.25) is 0 Å². The molecule has 0 unspecified atom stereocenters. The number of nitrogens with two attached hydrogens (primary N) is 1. The number of carbonyl (C=O) groups is 1. The fourth-order valence-electron chi connectivity index (χ4n) is 1.18. The van der Waals surface area contributed by atoms with Crippen molar-refractivity contribution in [3.05, 3.63) is 0 Å². The van der Waals surface area contributed by atoms with E-state index in [2.05, 4.69) is 0 Å². The predicted molar refractivity (Wildman–Crippen MR) is 32.9 cm³/mol. The molecule has 1 aliphatic rings. The highest BCUT2D eigenvalue weighted by Crippen LogP contribution is 2.33. The van der Waals surface area contributed by atoms with Gasteiger partial charge in [-0.05, 0) is 25.3 Å². The highest BCUT2D eigenvalue weighted by atomic mass is 16.4. The van der Waals surface area contributed by atoms with E-state index in [9.17, 15) is 4.79 Å². The summed E-state index contributed by atoms with van der Waals surface area (Å²) in [5.41, 5.74) is 5.30. The average Bonchev–Trinajstić information content (AvgIpc) is 1.61. The first-order valence-corrected chi connectivity index (χ1v) is 3.18. The molecule has 0 bridgehead atoms. The van der Waals surface area contributed by atoms with Crippen molar-refractivity contribution in [1.29, 1.82) is 0 Å². The summed E-state index contributed by atoms with van der Waals surface area (Å²) in [4.78, 5) is 10.3. The molecule has 2 atom stereocenters. The van der Waals surface area contributed by atoms with Gasteiger partial charge in [0, 0.05) is 0 Å². The van der Waals surface area contributed by atoms with Crippen LogP contribution >= 0.6 is 0 Å². The Hall–Kier alpha value is -0.570. The largest absolute Gasteiger partial charge is 0.481 e. The van der Waals surface area contributed by atoms with Gasteiger partial charge in [0.15, 0.2) is 0 Å². The summed E-state index contributed by atoms with van der Waals surface area (Å²) in [6.45, 7) is 0.525. The van der Waals surface area contributed by atoms with Gasteiger partial charge in [-0.25, -0.2) is 0 Å². The molecule has 52 valence electrons. The molecule has 0 heterocycles. The number of aliphatic carboxylic acids is 1. The molecule has 1 rings (SSSR count). The molecular weight excluding hydrogens is 118 g/mol. The third-order valence-corrected chi connectivity index (χ3v) is 2.04. The summed E-state index contributed by atoms with van der Waals surface area (Å²) in [7, 11) is 0. The van der Waals surface area contributed by atoms with Crippen LogP contribution in [0.25, 0.3) is 0 Å². The fourth-order valence-corrected chi connectivity index (χ4v) is 1.18. The highest BCUT2D eigenvalue weighted by Gasteiger charge is 2.34. The summed E-state index contributed by atoms with van der Waals surface area (Å²) in [5.74, 6) is -0.575. The molecule has 1 saturated carbocycles. The van der Waals surface area contributed by atoms with Crippen LogP contribution in [-0.2, 0) is 4.79 Å². The van der Waals surface area contributed by atoms with Crippen LogP contribution in [0.3, 0.4) is 0 Å². The summed E-state index contributed by atoms with van der Waals surface area (Å²) < 4.78 is 0. The molecule has 3 N–H and O–H groups in total. The van der Waals surface area contributed by atoms with Crippen molar-refractivity contribution in [2.75, 3.05) is 6.54 Å². The topological polar surface area (TPSA) is 63.3 Å². The van der Waals surface area contributed by atoms with Gasteiger partial charge in [-0.1, -0.05) is 0 Å². The van der Waals surface area contributed by atoms with Gasteiger partial charge in [0.1, 0.15) is 0 Å². The van der Waals surface area contributed by atoms with E-state index in [1.54, 1.807) is 0 Å². The van der Waals surface area contributed by atoms with Crippen molar-refractivity contribution in [2.45, 2.75) is 12.8 Å². The van der Waals surface area contributed by atoms with Gasteiger partial charge in [-0.3, -0.25) is 4.79 Å². The normalized spacial score (nSPS) is 33.4. The minimum atomic E-state index is -0.684. The second kappa shape index (κ2) is 2.35. The highest BCUT2D eigenvalue weighted by molar-refractivity contribution is 5.71. The minimum absolute atomic E-state index is 0.144. The first-order valence-electron chi connectivity index (χ1n) is 3.18. The van der Waals surface area contributed by atoms with Gasteiger partial charge in [-0.15, -0.1) is 0 Å². The zero-order valence-corrected chi connectivity index (χ0v) is 5.21. The summed E-state index contributed by atoms with van der Waals surface area (Å²) in [6, 6.07) is 0. The van der Waals surface area contributed by atoms with Crippen LogP contribution in [0.5, 0.6) is 0 Å². The van der Waals surface area contributed by atoms with Gasteiger partial charge in [0.05, 0.1) is 5.92 Å². The number of carboxylic acids is 1. The van der Waals surface area contributed by atoms with E-state index in [0.29, 0.717) is 6.54 Å². The Kier molecular flexibility index (Phi) is 1.71. The Morgan fingerprint density at radius 1 is 1.67 bits per heavy atom. The number of carboxylic acid groups (broad SMARTS) is 1. The van der Waals surface area contributed by atoms with Crippen molar-refractivity contribution >= 4 is 5.97 Å². The van der Waals surface area contributed by atoms with Crippen molar-refractivity contribution in [1.82, 2.24) is 0 Å². The van der Waals surface area contributed by atoms with Crippen LogP contribution in [0.15, 0.2) is 0 Å². The second-order valence-corrected chi connectivity index (χ2v) is 2.52. The first kappa shape index (κ1) is 6.55. The van der Waals surface area contributed by atoms with E-state index < -0.39 is 5.97 Å². The monoisotopic (exact) mass is 129 g/mol. The number of hydrogen-bond donors (Lipinski definition) is 2. The SMILES string of the molecule is NC[C@H]1CC[C@H]1C(=O)O. The van der Waals surface area contributed by atoms with E-state index in [1.165, 1.54) is 0 Å². The van der Waals surface area contributed by atoms with Crippen molar-refractivity contribution in [2.24, 2.45) is 17.6 Å². The Morgan fingerprint density at radius 2 is 2.33 bits per heavy atom. The third kappa shape index (κ3) is 1.05. The maximum atomic E-state index is 10.3. The van der Waals surface area contributed by atoms with E-state index in [-0.39, 0.29) is 11.8 Å². The molecule has 9 heavy (non-hydrogen) atoms. The van der Waals surface area contributed by atoms with Crippen molar-refractivity contribution < 1.29 is 9.90 Å². The summed E-state index contributed by atoms with van der Waals surface area (Å²) in [5, 5.41) is 8.48. The second-order valence-electron chi connectivity index (χ2n) is 2.52. The van der Waals surface area contributed by atoms with Crippen LogP contribution in [-0.4, -0.2) is 17.6 Å². The minimum Gasteiger partial charge on any atom is -0.481 e. The lowest BCUT2D eigenvalue weighted by Gasteiger charge is -2.31. The molecule has 1 fully saturated rings. The molecule has 0 saturated heterocycles. The molecular formula is C6H11NO2. The van der Waals surface area contributed by atoms with Crippen LogP contribution in [0.1, 0.15) is 12.8 Å². The lowest BCUT2D eigenvalue weighted by Crippen LogP contribution is -2.37. The molecule has 0 aliphatic heterocycles. The number of rotatable bonds is 2. The van der Waals surface area contributed by atoms with E-state index in [1.807, 2.05) is 0 Å². The molecule has 0 aromatic carbocycles. The molecule has 0 amide bonds. The van der Waals surface area contributed by atoms with Crippen LogP contribution in [0.2, 0.25) is 0 Å². The maximum absolute atomic E-state index is 10.3. The van der Waals surface area contributed by atoms with E-state index >= 15 is 0 Å². The van der Waals surface area contributed by atoms with Crippen LogP contribution in [0, 0.1) is 11.8 Å². The lowest BCUT2D eigenvalue weighted by molar-refractivity contribution is -0.147. The maximum Gasteiger partial charge on any atom is 0.306 e. The first-order chi connectivity index (χ1) is 4.25. The molecule has 0 aromatic heterocycles. The van der Waals surface area contributed by atoms with Crippen molar-refractivity contribution in [3.63, 3.8) is 0 Å². The average molecular weight is 129 g/mol. The molecule has 0 spiro atoms. The quantitative estimate of drug-likeness (QED) is 0.554. The fraction of sp³-hybridized carbons (Fsp3) is 0.833. The standard InChI is InChI=1S/C6H11NO2/c7-3-4-1-2-5(4)6(8)9/h4-5H,1-3,7H2,(H,8,9)/t4-,5-/m1/s1. The summed E-state index contributed by atoms with van der Waals surface area (Å²) in [6.07, 6.45) is 1.81. The molecule has 0 radical (unpaired) electrons. The Bertz CT molecular complexity index is 122. The zero-order valence-electron chi connectivity index (χ0n) is 5.21. The Labute approximate surface area is 53.9 Å². The van der Waals surface area contributed by atoms with Crippen LogP contribution in [0.4, 0.5) is 0 Å².